The van der Waals surface area contributed by atoms with Gasteiger partial charge in [-0.05, 0) is 0 Å². The molecule has 11 nitrogen and oxygen atoms in total. The van der Waals surface area contributed by atoms with Gasteiger partial charge in [0.2, 0.25) is 0 Å². The molecule has 0 aromatic rings. The highest BCUT2D eigenvalue weighted by molar-refractivity contribution is 7.46. The number of rotatable bonds is 8. The van der Waals surface area contributed by atoms with Crippen LogP contribution in [-0.4, -0.2) is 66.4 Å². The minimum atomic E-state index is -4.84. The lowest BCUT2D eigenvalue weighted by atomic mass is 10.1. The van der Waals surface area contributed by atoms with Crippen molar-refractivity contribution in [1.29, 1.82) is 0 Å². The fourth-order valence-corrected chi connectivity index (χ4v) is 1.49. The number of hydrogen-bond donors (Lipinski definition) is 7. The van der Waals surface area contributed by atoms with Gasteiger partial charge in [-0.2, -0.15) is 0 Å². The van der Waals surface area contributed by atoms with E-state index in [0.29, 0.717) is 0 Å². The molecule has 18 heavy (non-hydrogen) atoms. The van der Waals surface area contributed by atoms with Gasteiger partial charge in [0.05, 0.1) is 13.2 Å². The van der Waals surface area contributed by atoms with Gasteiger partial charge in [-0.3, -0.25) is 9.05 Å². The smallest absolute Gasteiger partial charge is 0.388 e. The lowest BCUT2D eigenvalue weighted by molar-refractivity contribution is -0.0881. The second-order valence-electron chi connectivity index (χ2n) is 3.20. The SMILES string of the molecule is O=P(O)(O)OC[C@@H](O)C(O)[C@@H](O)COP(=O)(O)O. The summed E-state index contributed by atoms with van der Waals surface area (Å²) in [7, 11) is -9.68. The molecule has 13 heteroatoms. The molecular formula is C5H14O11P2. The summed E-state index contributed by atoms with van der Waals surface area (Å²) in [5.74, 6) is 0. The molecule has 0 fully saturated rings. The van der Waals surface area contributed by atoms with E-state index in [1.54, 1.807) is 0 Å². The number of aliphatic hydroxyl groups is 3. The van der Waals surface area contributed by atoms with Gasteiger partial charge in [0, 0.05) is 0 Å². The average molecular weight is 312 g/mol. The maximum atomic E-state index is 10.3. The molecule has 0 aromatic heterocycles. The third-order valence-corrected chi connectivity index (χ3v) is 2.59. The van der Waals surface area contributed by atoms with Crippen LogP contribution in [0.15, 0.2) is 0 Å². The highest BCUT2D eigenvalue weighted by Crippen LogP contribution is 2.37. The van der Waals surface area contributed by atoms with E-state index >= 15 is 0 Å². The Bertz CT molecular complexity index is 300. The van der Waals surface area contributed by atoms with Crippen molar-refractivity contribution in [2.24, 2.45) is 0 Å². The number of phosphoric ester groups is 2. The quantitative estimate of drug-likeness (QED) is 0.230. The summed E-state index contributed by atoms with van der Waals surface area (Å²) < 4.78 is 28.3. The summed E-state index contributed by atoms with van der Waals surface area (Å²) in [6, 6.07) is 0. The molecular weight excluding hydrogens is 298 g/mol. The van der Waals surface area contributed by atoms with Crippen LogP contribution in [0.2, 0.25) is 0 Å². The molecule has 0 saturated carbocycles. The number of phosphoric acid groups is 2. The standard InChI is InChI=1S/C5H14O11P2/c6-3(1-15-17(9,10)11)5(8)4(7)2-16-18(12,13)14/h3-8H,1-2H2,(H2,9,10,11)(H2,12,13,14)/t3-,4+,5?. The number of hydrogen-bond acceptors (Lipinski definition) is 7. The highest BCUT2D eigenvalue weighted by Gasteiger charge is 2.29. The summed E-state index contributed by atoms with van der Waals surface area (Å²) in [6.45, 7) is -1.98. The molecule has 0 aliphatic rings. The van der Waals surface area contributed by atoms with Crippen molar-refractivity contribution < 1.29 is 53.1 Å². The molecule has 0 aromatic carbocycles. The fraction of sp³-hybridized carbons (Fsp3) is 1.00. The topological polar surface area (TPSA) is 194 Å². The van der Waals surface area contributed by atoms with Crippen LogP contribution in [0.3, 0.4) is 0 Å². The van der Waals surface area contributed by atoms with E-state index in [0.717, 1.165) is 0 Å². The zero-order chi connectivity index (χ0) is 14.6. The first-order chi connectivity index (χ1) is 7.92. The maximum Gasteiger partial charge on any atom is 0.469 e. The zero-order valence-corrected chi connectivity index (χ0v) is 10.6. The van der Waals surface area contributed by atoms with E-state index in [4.69, 9.17) is 29.8 Å². The van der Waals surface area contributed by atoms with Crippen LogP contribution in [0.25, 0.3) is 0 Å². The van der Waals surface area contributed by atoms with Crippen molar-refractivity contribution in [1.82, 2.24) is 0 Å². The van der Waals surface area contributed by atoms with Gasteiger partial charge in [-0.15, -0.1) is 0 Å². The monoisotopic (exact) mass is 312 g/mol. The first kappa shape index (κ1) is 18.1. The second-order valence-corrected chi connectivity index (χ2v) is 5.68. The largest absolute Gasteiger partial charge is 0.469 e. The molecule has 0 rings (SSSR count). The lowest BCUT2D eigenvalue weighted by Crippen LogP contribution is -2.42. The minimum Gasteiger partial charge on any atom is -0.388 e. The van der Waals surface area contributed by atoms with Gasteiger partial charge >= 0.3 is 15.6 Å². The fourth-order valence-electron chi connectivity index (χ4n) is 0.801. The van der Waals surface area contributed by atoms with Crippen molar-refractivity contribution in [3.05, 3.63) is 0 Å². The van der Waals surface area contributed by atoms with Crippen molar-refractivity contribution in [3.8, 4) is 0 Å². The Morgan fingerprint density at radius 1 is 0.778 bits per heavy atom. The van der Waals surface area contributed by atoms with Crippen molar-refractivity contribution in [3.63, 3.8) is 0 Å². The Hall–Kier alpha value is 0.1000. The minimum absolute atomic E-state index is 0.988. The Morgan fingerprint density at radius 2 is 1.06 bits per heavy atom. The summed E-state index contributed by atoms with van der Waals surface area (Å²) >= 11 is 0. The third-order valence-electron chi connectivity index (χ3n) is 1.62. The predicted octanol–water partition coefficient (Wildman–Crippen LogP) is -2.71. The second kappa shape index (κ2) is 7.04. The van der Waals surface area contributed by atoms with Crippen LogP contribution >= 0.6 is 15.6 Å². The van der Waals surface area contributed by atoms with E-state index in [1.165, 1.54) is 0 Å². The molecule has 0 heterocycles. The van der Waals surface area contributed by atoms with Crippen molar-refractivity contribution >= 4 is 15.6 Å². The molecule has 7 N–H and O–H groups in total. The van der Waals surface area contributed by atoms with Crippen LogP contribution in [0.4, 0.5) is 0 Å². The summed E-state index contributed by atoms with van der Waals surface area (Å²) in [5.41, 5.74) is 0. The first-order valence-electron chi connectivity index (χ1n) is 4.37. The Kier molecular flexibility index (Phi) is 7.07. The van der Waals surface area contributed by atoms with E-state index in [-0.39, 0.29) is 0 Å². The zero-order valence-electron chi connectivity index (χ0n) is 8.80. The highest BCUT2D eigenvalue weighted by atomic mass is 31.2. The molecule has 1 unspecified atom stereocenters. The van der Waals surface area contributed by atoms with E-state index in [1.807, 2.05) is 0 Å². The van der Waals surface area contributed by atoms with Crippen LogP contribution in [0.1, 0.15) is 0 Å². The van der Waals surface area contributed by atoms with Gasteiger partial charge in [0.25, 0.3) is 0 Å². The van der Waals surface area contributed by atoms with Crippen molar-refractivity contribution in [2.45, 2.75) is 18.3 Å². The van der Waals surface area contributed by atoms with Crippen LogP contribution in [0, 0.1) is 0 Å². The van der Waals surface area contributed by atoms with Gasteiger partial charge < -0.3 is 34.9 Å². The normalized spacial score (nSPS) is 18.4. The van der Waals surface area contributed by atoms with Gasteiger partial charge in [-0.1, -0.05) is 0 Å². The van der Waals surface area contributed by atoms with Crippen LogP contribution < -0.4 is 0 Å². The van der Waals surface area contributed by atoms with Gasteiger partial charge in [0.1, 0.15) is 18.3 Å². The molecule has 3 atom stereocenters. The Balaban J connectivity index is 4.16. The van der Waals surface area contributed by atoms with E-state index in [2.05, 4.69) is 9.05 Å². The summed E-state index contributed by atoms with van der Waals surface area (Å²) in [6.07, 6.45) is -5.73. The van der Waals surface area contributed by atoms with Crippen molar-refractivity contribution in [2.75, 3.05) is 13.2 Å². The molecule has 0 spiro atoms. The Labute approximate surface area is 101 Å². The van der Waals surface area contributed by atoms with Gasteiger partial charge in [0.15, 0.2) is 0 Å². The van der Waals surface area contributed by atoms with Crippen LogP contribution in [0.5, 0.6) is 0 Å². The first-order valence-corrected chi connectivity index (χ1v) is 7.43. The predicted molar refractivity (Wildman–Crippen MR) is 54.0 cm³/mol. The molecule has 0 bridgehead atoms. The number of aliphatic hydroxyl groups excluding tert-OH is 3. The summed E-state index contributed by atoms with van der Waals surface area (Å²) in [4.78, 5) is 33.2. The average Bonchev–Trinajstić information content (AvgIpc) is 2.19. The molecule has 0 amide bonds. The molecule has 0 radical (unpaired) electrons. The third kappa shape index (κ3) is 9.09. The van der Waals surface area contributed by atoms with Crippen LogP contribution in [-0.2, 0) is 18.2 Å². The molecule has 0 aliphatic heterocycles. The maximum absolute atomic E-state index is 10.3. The molecule has 0 saturated heterocycles. The Morgan fingerprint density at radius 3 is 1.28 bits per heavy atom. The summed E-state index contributed by atoms with van der Waals surface area (Å²) in [5, 5.41) is 27.5. The van der Waals surface area contributed by atoms with Gasteiger partial charge in [-0.25, -0.2) is 9.13 Å². The van der Waals surface area contributed by atoms with E-state index in [9.17, 15) is 14.2 Å². The van der Waals surface area contributed by atoms with E-state index < -0.39 is 47.2 Å². The molecule has 110 valence electrons. The lowest BCUT2D eigenvalue weighted by Gasteiger charge is -2.22. The molecule has 0 aliphatic carbocycles.